The molecule has 5 heteroatoms. The number of amides is 1. The highest BCUT2D eigenvalue weighted by atomic mass is 79.9. The minimum absolute atomic E-state index is 0.00993. The maximum absolute atomic E-state index is 12.2. The van der Waals surface area contributed by atoms with Crippen molar-refractivity contribution in [2.45, 2.75) is 38.6 Å². The topological polar surface area (TPSA) is 55.1 Å². The van der Waals surface area contributed by atoms with E-state index in [1.54, 1.807) is 6.07 Å². The minimum Gasteiger partial charge on any atom is -0.328 e. The summed E-state index contributed by atoms with van der Waals surface area (Å²) >= 11 is 9.53. The number of hydrogen-bond acceptors (Lipinski definition) is 2. The molecule has 1 aliphatic carbocycles. The van der Waals surface area contributed by atoms with Crippen LogP contribution in [-0.2, 0) is 4.79 Å². The summed E-state index contributed by atoms with van der Waals surface area (Å²) in [5.74, 6) is 0.0477. The molecule has 1 aliphatic rings. The van der Waals surface area contributed by atoms with Crippen molar-refractivity contribution in [1.29, 1.82) is 0 Å². The summed E-state index contributed by atoms with van der Waals surface area (Å²) in [5, 5.41) is 3.59. The van der Waals surface area contributed by atoms with Gasteiger partial charge >= 0.3 is 0 Å². The van der Waals surface area contributed by atoms with Crippen LogP contribution in [0.3, 0.4) is 0 Å². The van der Waals surface area contributed by atoms with Gasteiger partial charge in [0.25, 0.3) is 0 Å². The lowest BCUT2D eigenvalue weighted by atomic mass is 9.85. The molecule has 0 aromatic heterocycles. The zero-order chi connectivity index (χ0) is 14.0. The summed E-state index contributed by atoms with van der Waals surface area (Å²) in [4.78, 5) is 12.2. The third kappa shape index (κ3) is 3.71. The number of carbonyl (C=O) groups excluding carboxylic acids is 1. The number of carbonyl (C=O) groups is 1. The Morgan fingerprint density at radius 2 is 2.21 bits per heavy atom. The van der Waals surface area contributed by atoms with Gasteiger partial charge in [0.1, 0.15) is 0 Å². The van der Waals surface area contributed by atoms with Gasteiger partial charge in [0.2, 0.25) is 5.91 Å². The molecule has 1 amide bonds. The number of nitrogens with one attached hydrogen (secondary N) is 1. The van der Waals surface area contributed by atoms with E-state index in [9.17, 15) is 4.79 Å². The first-order valence-corrected chi connectivity index (χ1v) is 7.66. The summed E-state index contributed by atoms with van der Waals surface area (Å²) in [6.07, 6.45) is 3.72. The molecule has 0 heterocycles. The molecule has 3 N–H and O–H groups in total. The molecule has 3 nitrogen and oxygen atoms in total. The Bertz CT molecular complexity index is 493. The largest absolute Gasteiger partial charge is 0.328 e. The van der Waals surface area contributed by atoms with Crippen LogP contribution in [0.25, 0.3) is 0 Å². The second-order valence-electron chi connectivity index (χ2n) is 5.19. The molecule has 1 fully saturated rings. The molecule has 1 aromatic rings. The van der Waals surface area contributed by atoms with Gasteiger partial charge in [-0.05, 0) is 59.8 Å². The Morgan fingerprint density at radius 1 is 1.47 bits per heavy atom. The Labute approximate surface area is 127 Å². The molecule has 1 saturated carbocycles. The average molecular weight is 346 g/mol. The summed E-state index contributed by atoms with van der Waals surface area (Å²) in [5.41, 5.74) is 7.62. The fraction of sp³-hybridized carbons (Fsp3) is 0.500. The van der Waals surface area contributed by atoms with Crippen LogP contribution in [0, 0.1) is 12.8 Å². The molecule has 1 aromatic carbocycles. The van der Waals surface area contributed by atoms with E-state index in [1.165, 1.54) is 0 Å². The lowest BCUT2D eigenvalue weighted by molar-refractivity contribution is -0.120. The normalized spacial score (nSPS) is 23.2. The van der Waals surface area contributed by atoms with Crippen molar-refractivity contribution in [3.63, 3.8) is 0 Å². The molecule has 0 bridgehead atoms. The number of hydrogen-bond donors (Lipinski definition) is 2. The molecule has 2 rings (SSSR count). The van der Waals surface area contributed by atoms with Gasteiger partial charge in [0.15, 0.2) is 0 Å². The maximum atomic E-state index is 12.2. The van der Waals surface area contributed by atoms with Crippen molar-refractivity contribution in [3.05, 3.63) is 27.2 Å². The van der Waals surface area contributed by atoms with Gasteiger partial charge in [-0.1, -0.05) is 18.0 Å². The highest BCUT2D eigenvalue weighted by molar-refractivity contribution is 9.10. The van der Waals surface area contributed by atoms with Crippen LogP contribution < -0.4 is 11.1 Å². The van der Waals surface area contributed by atoms with Crippen LogP contribution >= 0.6 is 27.5 Å². The molecule has 0 spiro atoms. The third-order valence-electron chi connectivity index (χ3n) is 3.59. The Morgan fingerprint density at radius 3 is 2.89 bits per heavy atom. The van der Waals surface area contributed by atoms with Crippen LogP contribution in [0.5, 0.6) is 0 Å². The Kier molecular flexibility index (Phi) is 4.87. The minimum atomic E-state index is 0.00993. The van der Waals surface area contributed by atoms with Crippen molar-refractivity contribution >= 4 is 39.1 Å². The molecular weight excluding hydrogens is 328 g/mol. The third-order valence-corrected chi connectivity index (χ3v) is 4.66. The molecule has 2 unspecified atom stereocenters. The average Bonchev–Trinajstić information content (AvgIpc) is 2.36. The predicted octanol–water partition coefficient (Wildman–Crippen LogP) is 3.87. The van der Waals surface area contributed by atoms with Crippen LogP contribution in [0.2, 0.25) is 5.02 Å². The molecule has 19 heavy (non-hydrogen) atoms. The van der Waals surface area contributed by atoms with Gasteiger partial charge in [0, 0.05) is 21.5 Å². The smallest absolute Gasteiger partial charge is 0.227 e. The fourth-order valence-electron chi connectivity index (χ4n) is 2.44. The first-order valence-electron chi connectivity index (χ1n) is 6.49. The highest BCUT2D eigenvalue weighted by Gasteiger charge is 2.25. The van der Waals surface area contributed by atoms with E-state index >= 15 is 0 Å². The zero-order valence-electron chi connectivity index (χ0n) is 10.9. The Balaban J connectivity index is 2.08. The van der Waals surface area contributed by atoms with Crippen LogP contribution in [0.4, 0.5) is 5.69 Å². The molecule has 0 radical (unpaired) electrons. The SMILES string of the molecule is Cc1cc(Br)c(NC(=O)C2CCCC(N)C2)cc1Cl. The van der Waals surface area contributed by atoms with Crippen LogP contribution in [-0.4, -0.2) is 11.9 Å². The highest BCUT2D eigenvalue weighted by Crippen LogP contribution is 2.31. The molecule has 0 saturated heterocycles. The summed E-state index contributed by atoms with van der Waals surface area (Å²) < 4.78 is 0.850. The van der Waals surface area contributed by atoms with Gasteiger partial charge in [-0.25, -0.2) is 0 Å². The predicted molar refractivity (Wildman–Crippen MR) is 82.5 cm³/mol. The summed E-state index contributed by atoms with van der Waals surface area (Å²) in [7, 11) is 0. The number of halogens is 2. The number of aryl methyl sites for hydroxylation is 1. The monoisotopic (exact) mass is 344 g/mol. The number of rotatable bonds is 2. The first-order chi connectivity index (χ1) is 8.97. The van der Waals surface area contributed by atoms with E-state index in [2.05, 4.69) is 21.2 Å². The van der Waals surface area contributed by atoms with Gasteiger partial charge < -0.3 is 11.1 Å². The Hall–Kier alpha value is -0.580. The van der Waals surface area contributed by atoms with Crippen molar-refractivity contribution < 1.29 is 4.79 Å². The molecule has 104 valence electrons. The van der Waals surface area contributed by atoms with E-state index < -0.39 is 0 Å². The second-order valence-corrected chi connectivity index (χ2v) is 6.46. The molecule has 2 atom stereocenters. The van der Waals surface area contributed by atoms with E-state index in [1.807, 2.05) is 13.0 Å². The zero-order valence-corrected chi connectivity index (χ0v) is 13.2. The maximum Gasteiger partial charge on any atom is 0.227 e. The van der Waals surface area contributed by atoms with Crippen molar-refractivity contribution in [2.24, 2.45) is 11.7 Å². The van der Waals surface area contributed by atoms with Crippen molar-refractivity contribution in [1.82, 2.24) is 0 Å². The van der Waals surface area contributed by atoms with Gasteiger partial charge in [-0.3, -0.25) is 4.79 Å². The van der Waals surface area contributed by atoms with Crippen molar-refractivity contribution in [2.75, 3.05) is 5.32 Å². The van der Waals surface area contributed by atoms with E-state index in [0.717, 1.165) is 41.4 Å². The number of nitrogens with two attached hydrogens (primary N) is 1. The lowest BCUT2D eigenvalue weighted by Gasteiger charge is -2.25. The number of benzene rings is 1. The van der Waals surface area contributed by atoms with Crippen molar-refractivity contribution in [3.8, 4) is 0 Å². The van der Waals surface area contributed by atoms with E-state index in [-0.39, 0.29) is 17.9 Å². The first kappa shape index (κ1) is 14.8. The number of anilines is 1. The molecule has 0 aliphatic heterocycles. The van der Waals surface area contributed by atoms with Gasteiger partial charge in [0.05, 0.1) is 5.69 Å². The van der Waals surface area contributed by atoms with E-state index in [0.29, 0.717) is 5.02 Å². The fourth-order valence-corrected chi connectivity index (χ4v) is 3.16. The lowest BCUT2D eigenvalue weighted by Crippen LogP contribution is -2.34. The second kappa shape index (κ2) is 6.25. The van der Waals surface area contributed by atoms with Gasteiger partial charge in [-0.15, -0.1) is 0 Å². The quantitative estimate of drug-likeness (QED) is 0.855. The standard InChI is InChI=1S/C14H18BrClN2O/c1-8-5-11(15)13(7-12(8)16)18-14(19)9-3-2-4-10(17)6-9/h5,7,9-10H,2-4,6,17H2,1H3,(H,18,19). The van der Waals surface area contributed by atoms with E-state index in [4.69, 9.17) is 17.3 Å². The molecular formula is C14H18BrClN2O. The summed E-state index contributed by atoms with van der Waals surface area (Å²) in [6, 6.07) is 3.83. The van der Waals surface area contributed by atoms with Crippen LogP contribution in [0.15, 0.2) is 16.6 Å². The van der Waals surface area contributed by atoms with Crippen LogP contribution in [0.1, 0.15) is 31.2 Å². The summed E-state index contributed by atoms with van der Waals surface area (Å²) in [6.45, 7) is 1.93. The van der Waals surface area contributed by atoms with Gasteiger partial charge in [-0.2, -0.15) is 0 Å².